The highest BCUT2D eigenvalue weighted by Crippen LogP contribution is 2.46. The number of aromatic nitrogens is 1. The summed E-state index contributed by atoms with van der Waals surface area (Å²) in [5.41, 5.74) is 8.72. The van der Waals surface area contributed by atoms with E-state index < -0.39 is 0 Å². The summed E-state index contributed by atoms with van der Waals surface area (Å²) in [6.45, 7) is 7.94. The Kier molecular flexibility index (Phi) is 4.68. The Morgan fingerprint density at radius 1 is 0.605 bits per heavy atom. The summed E-state index contributed by atoms with van der Waals surface area (Å²) in [6.07, 6.45) is 0. The van der Waals surface area contributed by atoms with Crippen LogP contribution < -0.4 is 0 Å². The lowest BCUT2D eigenvalue weighted by molar-refractivity contribution is 0.668. The van der Waals surface area contributed by atoms with Crippen molar-refractivity contribution in [2.75, 3.05) is 0 Å². The second-order valence-corrected chi connectivity index (χ2v) is 10.7. The van der Waals surface area contributed by atoms with Crippen LogP contribution in [0.2, 0.25) is 0 Å². The molecule has 5 heteroatoms. The van der Waals surface area contributed by atoms with Gasteiger partial charge >= 0.3 is 0 Å². The fourth-order valence-corrected chi connectivity index (χ4v) is 6.62. The van der Waals surface area contributed by atoms with Crippen LogP contribution in [0.4, 0.5) is 5.69 Å². The lowest BCUT2D eigenvalue weighted by Gasteiger charge is -2.09. The molecule has 0 aliphatic heterocycles. The first-order chi connectivity index (χ1) is 21.2. The van der Waals surface area contributed by atoms with E-state index in [1.54, 1.807) is 0 Å². The van der Waals surface area contributed by atoms with Crippen molar-refractivity contribution >= 4 is 71.4 Å². The standard InChI is InChI=1S/C38H19N3O2/c1-40-30-18-17-25(27-11-6-10-26-24-9-3-5-15-34(24)42-36(26)27)35-28-12-7-14-33(37(28)43-38(30)35)41-31-13-4-2-8-23(31)29-20-22(21-39)16-19-32(29)41/h2-20H. The van der Waals surface area contributed by atoms with E-state index in [9.17, 15) is 5.26 Å². The van der Waals surface area contributed by atoms with Gasteiger partial charge in [-0.15, -0.1) is 0 Å². The molecule has 9 rings (SSSR count). The molecule has 0 aliphatic rings. The van der Waals surface area contributed by atoms with Gasteiger partial charge in [0.25, 0.3) is 0 Å². The van der Waals surface area contributed by atoms with E-state index >= 15 is 0 Å². The summed E-state index contributed by atoms with van der Waals surface area (Å²) < 4.78 is 15.3. The average Bonchev–Trinajstić information content (AvgIpc) is 3.74. The molecular weight excluding hydrogens is 530 g/mol. The molecule has 0 saturated carbocycles. The third-order valence-corrected chi connectivity index (χ3v) is 8.46. The Hall–Kier alpha value is -6.30. The van der Waals surface area contributed by atoms with Gasteiger partial charge in [0.1, 0.15) is 16.7 Å². The van der Waals surface area contributed by atoms with Crippen molar-refractivity contribution in [2.45, 2.75) is 0 Å². The molecule has 0 saturated heterocycles. The van der Waals surface area contributed by atoms with E-state index in [4.69, 9.17) is 15.4 Å². The van der Waals surface area contributed by atoms with Crippen LogP contribution in [0.25, 0.3) is 87.3 Å². The van der Waals surface area contributed by atoms with Crippen molar-refractivity contribution in [3.63, 3.8) is 0 Å². The van der Waals surface area contributed by atoms with Gasteiger partial charge in [-0.2, -0.15) is 5.26 Å². The van der Waals surface area contributed by atoms with Gasteiger partial charge in [0.05, 0.1) is 34.9 Å². The molecule has 3 aromatic heterocycles. The third kappa shape index (κ3) is 3.14. The molecule has 5 nitrogen and oxygen atoms in total. The van der Waals surface area contributed by atoms with Gasteiger partial charge in [-0.3, -0.25) is 0 Å². The Labute approximate surface area is 244 Å². The van der Waals surface area contributed by atoms with Gasteiger partial charge in [0.2, 0.25) is 5.69 Å². The smallest absolute Gasteiger partial charge is 0.229 e. The number of para-hydroxylation sites is 4. The molecule has 0 unspecified atom stereocenters. The molecule has 9 aromatic rings. The van der Waals surface area contributed by atoms with Gasteiger partial charge in [-0.05, 0) is 42.0 Å². The average molecular weight is 550 g/mol. The molecule has 0 spiro atoms. The molecule has 43 heavy (non-hydrogen) atoms. The Balaban J connectivity index is 1.40. The van der Waals surface area contributed by atoms with Crippen LogP contribution in [-0.2, 0) is 0 Å². The van der Waals surface area contributed by atoms with Gasteiger partial charge in [0.15, 0.2) is 5.58 Å². The van der Waals surface area contributed by atoms with Crippen LogP contribution in [0, 0.1) is 17.9 Å². The van der Waals surface area contributed by atoms with Crippen LogP contribution in [0.15, 0.2) is 124 Å². The summed E-state index contributed by atoms with van der Waals surface area (Å²) in [4.78, 5) is 3.83. The molecule has 0 fully saturated rings. The van der Waals surface area contributed by atoms with Crippen LogP contribution in [0.1, 0.15) is 5.56 Å². The molecule has 0 N–H and O–H groups in total. The van der Waals surface area contributed by atoms with Crippen LogP contribution >= 0.6 is 0 Å². The first-order valence-electron chi connectivity index (χ1n) is 13.9. The summed E-state index contributed by atoms with van der Waals surface area (Å²) in [7, 11) is 0. The topological polar surface area (TPSA) is 59.4 Å². The van der Waals surface area contributed by atoms with Gasteiger partial charge in [-0.1, -0.05) is 78.9 Å². The van der Waals surface area contributed by atoms with E-state index in [-0.39, 0.29) is 0 Å². The Bertz CT molecular complexity index is 2710. The Morgan fingerprint density at radius 2 is 1.37 bits per heavy atom. The fourth-order valence-electron chi connectivity index (χ4n) is 6.62. The normalized spacial score (nSPS) is 11.7. The number of hydrogen-bond donors (Lipinski definition) is 0. The highest BCUT2D eigenvalue weighted by atomic mass is 16.3. The molecule has 198 valence electrons. The van der Waals surface area contributed by atoms with Gasteiger partial charge in [0, 0.05) is 37.9 Å². The molecule has 6 aromatic carbocycles. The van der Waals surface area contributed by atoms with Crippen molar-refractivity contribution in [1.82, 2.24) is 4.57 Å². The minimum Gasteiger partial charge on any atom is -0.465 e. The summed E-state index contributed by atoms with van der Waals surface area (Å²) in [6, 6.07) is 40.5. The lowest BCUT2D eigenvalue weighted by Crippen LogP contribution is -1.94. The molecular formula is C38H19N3O2. The van der Waals surface area contributed by atoms with E-state index in [2.05, 4.69) is 57.9 Å². The number of nitriles is 1. The zero-order valence-corrected chi connectivity index (χ0v) is 22.6. The number of furan rings is 2. The minimum absolute atomic E-state index is 0.457. The van der Waals surface area contributed by atoms with Gasteiger partial charge in [-0.25, -0.2) is 4.85 Å². The minimum atomic E-state index is 0.457. The molecule has 0 radical (unpaired) electrons. The quantitative estimate of drug-likeness (QED) is 0.202. The van der Waals surface area contributed by atoms with Gasteiger partial charge < -0.3 is 13.4 Å². The molecule has 0 bridgehead atoms. The highest BCUT2D eigenvalue weighted by molar-refractivity contribution is 6.21. The van der Waals surface area contributed by atoms with Crippen molar-refractivity contribution in [2.24, 2.45) is 0 Å². The van der Waals surface area contributed by atoms with E-state index in [1.807, 2.05) is 72.8 Å². The van der Waals surface area contributed by atoms with Crippen molar-refractivity contribution in [3.05, 3.63) is 132 Å². The third-order valence-electron chi connectivity index (χ3n) is 8.46. The monoisotopic (exact) mass is 549 g/mol. The number of rotatable bonds is 2. The highest BCUT2D eigenvalue weighted by Gasteiger charge is 2.22. The van der Waals surface area contributed by atoms with E-state index in [0.29, 0.717) is 22.4 Å². The number of nitrogens with zero attached hydrogens (tertiary/aromatic N) is 3. The number of hydrogen-bond acceptors (Lipinski definition) is 3. The first-order valence-corrected chi connectivity index (χ1v) is 13.9. The zero-order valence-electron chi connectivity index (χ0n) is 22.6. The number of benzene rings is 6. The maximum absolute atomic E-state index is 9.59. The van der Waals surface area contributed by atoms with Crippen molar-refractivity contribution in [3.8, 4) is 22.9 Å². The van der Waals surface area contributed by atoms with Crippen molar-refractivity contribution < 1.29 is 8.83 Å². The lowest BCUT2D eigenvalue weighted by atomic mass is 9.97. The summed E-state index contributed by atoms with van der Waals surface area (Å²) in [5, 5.41) is 15.6. The largest absolute Gasteiger partial charge is 0.465 e. The predicted octanol–water partition coefficient (Wildman–Crippen LogP) is 10.7. The Morgan fingerprint density at radius 3 is 2.26 bits per heavy atom. The molecule has 0 atom stereocenters. The second-order valence-electron chi connectivity index (χ2n) is 10.7. The van der Waals surface area contributed by atoms with E-state index in [1.165, 1.54) is 0 Å². The fraction of sp³-hybridized carbons (Fsp3) is 0. The second kappa shape index (κ2) is 8.60. The number of fused-ring (bicyclic) bond motifs is 9. The summed E-state index contributed by atoms with van der Waals surface area (Å²) in [5.74, 6) is 0. The summed E-state index contributed by atoms with van der Waals surface area (Å²) >= 11 is 0. The zero-order chi connectivity index (χ0) is 28.7. The molecule has 0 aliphatic carbocycles. The molecule has 3 heterocycles. The predicted molar refractivity (Wildman–Crippen MR) is 172 cm³/mol. The molecule has 0 amide bonds. The maximum Gasteiger partial charge on any atom is 0.229 e. The van der Waals surface area contributed by atoms with Crippen LogP contribution in [0.3, 0.4) is 0 Å². The van der Waals surface area contributed by atoms with E-state index in [0.717, 1.165) is 71.3 Å². The van der Waals surface area contributed by atoms with Crippen LogP contribution in [0.5, 0.6) is 0 Å². The van der Waals surface area contributed by atoms with Crippen molar-refractivity contribution in [1.29, 1.82) is 5.26 Å². The maximum atomic E-state index is 9.59. The SMILES string of the molecule is [C-]#[N+]c1ccc(-c2cccc3c2oc2ccccc23)c2c1oc1c(-n3c4ccccc4c4cc(C#N)ccc43)cccc12. The van der Waals surface area contributed by atoms with Crippen LogP contribution in [-0.4, -0.2) is 4.57 Å². The first kappa shape index (κ1) is 23.4.